The Bertz CT molecular complexity index is 490. The highest BCUT2D eigenvalue weighted by Crippen LogP contribution is 2.31. The smallest absolute Gasteiger partial charge is 0.234 e. The normalized spacial score (nSPS) is 17.0. The molecule has 0 aromatic heterocycles. The molecule has 1 unspecified atom stereocenters. The zero-order valence-corrected chi connectivity index (χ0v) is 12.1. The standard InChI is InChI=1S/C16H22N2O3/c1-2-8-18(9-10-19)12-16(20)17-14-7-11-21-15-6-4-3-5-13(14)15/h2-6,14,19H,1,7-12H2,(H,17,20). The number of fused-ring (bicyclic) bond motifs is 1. The summed E-state index contributed by atoms with van der Waals surface area (Å²) >= 11 is 0. The molecule has 0 fully saturated rings. The lowest BCUT2D eigenvalue weighted by Crippen LogP contribution is -2.41. The first-order valence-corrected chi connectivity index (χ1v) is 7.19. The second kappa shape index (κ2) is 7.81. The number of rotatable bonds is 7. The van der Waals surface area contributed by atoms with E-state index in [-0.39, 0.29) is 25.1 Å². The third kappa shape index (κ3) is 4.31. The highest BCUT2D eigenvalue weighted by molar-refractivity contribution is 5.78. The van der Waals surface area contributed by atoms with Crippen molar-refractivity contribution in [2.75, 3.05) is 32.8 Å². The van der Waals surface area contributed by atoms with Crippen molar-refractivity contribution in [2.24, 2.45) is 0 Å². The molecule has 5 heteroatoms. The van der Waals surface area contributed by atoms with Gasteiger partial charge in [0.1, 0.15) is 5.75 Å². The molecule has 0 bridgehead atoms. The van der Waals surface area contributed by atoms with E-state index in [1.165, 1.54) is 0 Å². The summed E-state index contributed by atoms with van der Waals surface area (Å²) in [6.45, 7) is 5.60. The highest BCUT2D eigenvalue weighted by atomic mass is 16.5. The predicted molar refractivity (Wildman–Crippen MR) is 81.2 cm³/mol. The van der Waals surface area contributed by atoms with Crippen LogP contribution in [0.25, 0.3) is 0 Å². The van der Waals surface area contributed by atoms with Crippen molar-refractivity contribution in [1.29, 1.82) is 0 Å². The van der Waals surface area contributed by atoms with E-state index < -0.39 is 0 Å². The van der Waals surface area contributed by atoms with Gasteiger partial charge in [-0.15, -0.1) is 6.58 Å². The number of hydrogen-bond acceptors (Lipinski definition) is 4. The molecule has 21 heavy (non-hydrogen) atoms. The summed E-state index contributed by atoms with van der Waals surface area (Å²) in [5.41, 5.74) is 1.02. The van der Waals surface area contributed by atoms with Crippen LogP contribution in [-0.4, -0.2) is 48.8 Å². The third-order valence-electron chi connectivity index (χ3n) is 3.46. The number of aliphatic hydroxyl groups excluding tert-OH is 1. The lowest BCUT2D eigenvalue weighted by molar-refractivity contribution is -0.123. The summed E-state index contributed by atoms with van der Waals surface area (Å²) in [6.07, 6.45) is 2.50. The van der Waals surface area contributed by atoms with Crippen molar-refractivity contribution in [3.05, 3.63) is 42.5 Å². The van der Waals surface area contributed by atoms with Crippen LogP contribution in [0, 0.1) is 0 Å². The minimum atomic E-state index is -0.0491. The summed E-state index contributed by atoms with van der Waals surface area (Å²) in [4.78, 5) is 14.0. The van der Waals surface area contributed by atoms with Crippen molar-refractivity contribution in [2.45, 2.75) is 12.5 Å². The Kier molecular flexibility index (Phi) is 5.78. The van der Waals surface area contributed by atoms with Crippen LogP contribution in [0.15, 0.2) is 36.9 Å². The van der Waals surface area contributed by atoms with Gasteiger partial charge in [-0.05, 0) is 6.07 Å². The molecule has 0 spiro atoms. The average Bonchev–Trinajstić information content (AvgIpc) is 2.48. The fourth-order valence-electron chi connectivity index (χ4n) is 2.49. The third-order valence-corrected chi connectivity index (χ3v) is 3.46. The molecule has 2 N–H and O–H groups in total. The SMILES string of the molecule is C=CCN(CCO)CC(=O)NC1CCOc2ccccc21. The first kappa shape index (κ1) is 15.5. The van der Waals surface area contributed by atoms with E-state index >= 15 is 0 Å². The van der Waals surface area contributed by atoms with Crippen molar-refractivity contribution >= 4 is 5.91 Å². The molecular weight excluding hydrogens is 268 g/mol. The summed E-state index contributed by atoms with van der Waals surface area (Å²) < 4.78 is 5.59. The second-order valence-corrected chi connectivity index (χ2v) is 5.04. The van der Waals surface area contributed by atoms with E-state index in [1.807, 2.05) is 29.2 Å². The number of nitrogens with one attached hydrogen (secondary N) is 1. The molecule has 1 heterocycles. The first-order valence-electron chi connectivity index (χ1n) is 7.19. The van der Waals surface area contributed by atoms with Crippen molar-refractivity contribution in [3.8, 4) is 5.75 Å². The van der Waals surface area contributed by atoms with Gasteiger partial charge in [-0.2, -0.15) is 0 Å². The number of amides is 1. The van der Waals surface area contributed by atoms with Gasteiger partial charge in [-0.3, -0.25) is 9.69 Å². The van der Waals surface area contributed by atoms with Gasteiger partial charge in [-0.25, -0.2) is 0 Å². The predicted octanol–water partition coefficient (Wildman–Crippen LogP) is 1.11. The fraction of sp³-hybridized carbons (Fsp3) is 0.438. The number of aliphatic hydroxyl groups is 1. The largest absolute Gasteiger partial charge is 0.493 e. The van der Waals surface area contributed by atoms with E-state index in [1.54, 1.807) is 6.08 Å². The number of benzene rings is 1. The van der Waals surface area contributed by atoms with E-state index in [0.717, 1.165) is 17.7 Å². The number of ether oxygens (including phenoxy) is 1. The minimum absolute atomic E-state index is 0.0119. The van der Waals surface area contributed by atoms with E-state index in [2.05, 4.69) is 11.9 Å². The Morgan fingerprint density at radius 3 is 3.10 bits per heavy atom. The molecule has 0 saturated carbocycles. The zero-order valence-electron chi connectivity index (χ0n) is 12.1. The van der Waals surface area contributed by atoms with Gasteiger partial charge >= 0.3 is 0 Å². The molecule has 1 atom stereocenters. The lowest BCUT2D eigenvalue weighted by atomic mass is 10.0. The highest BCUT2D eigenvalue weighted by Gasteiger charge is 2.23. The maximum atomic E-state index is 12.2. The van der Waals surface area contributed by atoms with Crippen LogP contribution in [0.5, 0.6) is 5.75 Å². The summed E-state index contributed by atoms with van der Waals surface area (Å²) in [7, 11) is 0. The minimum Gasteiger partial charge on any atom is -0.493 e. The second-order valence-electron chi connectivity index (χ2n) is 5.04. The van der Waals surface area contributed by atoms with Crippen LogP contribution >= 0.6 is 0 Å². The van der Waals surface area contributed by atoms with Gasteiger partial charge in [0.25, 0.3) is 0 Å². The molecule has 0 saturated heterocycles. The van der Waals surface area contributed by atoms with Gasteiger partial charge in [0, 0.05) is 25.1 Å². The zero-order chi connectivity index (χ0) is 15.1. The quantitative estimate of drug-likeness (QED) is 0.738. The molecule has 1 aliphatic heterocycles. The van der Waals surface area contributed by atoms with Crippen LogP contribution in [0.4, 0.5) is 0 Å². The Hall–Kier alpha value is -1.85. The molecule has 0 radical (unpaired) electrons. The van der Waals surface area contributed by atoms with Gasteiger partial charge < -0.3 is 15.2 Å². The van der Waals surface area contributed by atoms with Gasteiger partial charge in [0.2, 0.25) is 5.91 Å². The Balaban J connectivity index is 1.95. The maximum absolute atomic E-state index is 12.2. The number of nitrogens with zero attached hydrogens (tertiary/aromatic N) is 1. The average molecular weight is 290 g/mol. The van der Waals surface area contributed by atoms with Gasteiger partial charge in [0.05, 0.1) is 25.8 Å². The van der Waals surface area contributed by atoms with Gasteiger partial charge in [0.15, 0.2) is 0 Å². The Morgan fingerprint density at radius 2 is 2.33 bits per heavy atom. The number of carbonyl (C=O) groups is 1. The monoisotopic (exact) mass is 290 g/mol. The van der Waals surface area contributed by atoms with E-state index in [4.69, 9.17) is 9.84 Å². The summed E-state index contributed by atoms with van der Waals surface area (Å²) in [5, 5.41) is 12.0. The molecule has 2 rings (SSSR count). The fourth-order valence-corrected chi connectivity index (χ4v) is 2.49. The van der Waals surface area contributed by atoms with E-state index in [9.17, 15) is 4.79 Å². The number of hydrogen-bond donors (Lipinski definition) is 2. The van der Waals surface area contributed by atoms with Gasteiger partial charge in [-0.1, -0.05) is 24.3 Å². The molecule has 5 nitrogen and oxygen atoms in total. The number of carbonyl (C=O) groups excluding carboxylic acids is 1. The molecule has 1 aromatic rings. The molecular formula is C16H22N2O3. The molecule has 0 aliphatic carbocycles. The van der Waals surface area contributed by atoms with Crippen LogP contribution in [0.2, 0.25) is 0 Å². The van der Waals surface area contributed by atoms with E-state index in [0.29, 0.717) is 19.7 Å². The summed E-state index contributed by atoms with van der Waals surface area (Å²) in [6, 6.07) is 7.76. The Labute approximate surface area is 125 Å². The van der Waals surface area contributed by atoms with Crippen LogP contribution in [-0.2, 0) is 4.79 Å². The first-order chi connectivity index (χ1) is 10.2. The maximum Gasteiger partial charge on any atom is 0.234 e. The lowest BCUT2D eigenvalue weighted by Gasteiger charge is -2.27. The molecule has 1 aliphatic rings. The van der Waals surface area contributed by atoms with Crippen molar-refractivity contribution < 1.29 is 14.6 Å². The molecule has 114 valence electrons. The van der Waals surface area contributed by atoms with Crippen LogP contribution < -0.4 is 10.1 Å². The summed E-state index contributed by atoms with van der Waals surface area (Å²) in [5.74, 6) is 0.791. The van der Waals surface area contributed by atoms with Crippen LogP contribution in [0.1, 0.15) is 18.0 Å². The molecule has 1 amide bonds. The molecule has 1 aromatic carbocycles. The Morgan fingerprint density at radius 1 is 1.52 bits per heavy atom. The van der Waals surface area contributed by atoms with Crippen molar-refractivity contribution in [1.82, 2.24) is 10.2 Å². The number of para-hydroxylation sites is 1. The topological polar surface area (TPSA) is 61.8 Å². The van der Waals surface area contributed by atoms with Crippen molar-refractivity contribution in [3.63, 3.8) is 0 Å². The van der Waals surface area contributed by atoms with Crippen LogP contribution in [0.3, 0.4) is 0 Å².